The van der Waals surface area contributed by atoms with Crippen molar-refractivity contribution in [2.24, 2.45) is 0 Å². The Kier molecular flexibility index (Phi) is 5.08. The summed E-state index contributed by atoms with van der Waals surface area (Å²) in [7, 11) is -3.63. The molecule has 5 nitrogen and oxygen atoms in total. The summed E-state index contributed by atoms with van der Waals surface area (Å²) in [5.41, 5.74) is -0.0458. The molecule has 0 fully saturated rings. The first-order valence-electron chi connectivity index (χ1n) is 6.18. The van der Waals surface area contributed by atoms with Crippen LogP contribution in [0.25, 0.3) is 0 Å². The molecule has 20 heavy (non-hydrogen) atoms. The zero-order chi connectivity index (χ0) is 15.4. The maximum atomic E-state index is 12.3. The van der Waals surface area contributed by atoms with Gasteiger partial charge in [0, 0.05) is 12.1 Å². The number of benzene rings is 1. The van der Waals surface area contributed by atoms with Gasteiger partial charge >= 0.3 is 0 Å². The lowest BCUT2D eigenvalue weighted by atomic mass is 10.1. The van der Waals surface area contributed by atoms with Crippen molar-refractivity contribution in [2.45, 2.75) is 37.8 Å². The van der Waals surface area contributed by atoms with Gasteiger partial charge < -0.3 is 5.32 Å². The quantitative estimate of drug-likeness (QED) is 0.810. The maximum Gasteiger partial charge on any atom is 0.243 e. The molecule has 1 aromatic carbocycles. The first kappa shape index (κ1) is 16.4. The van der Waals surface area contributed by atoms with Crippen LogP contribution >= 0.6 is 0 Å². The van der Waals surface area contributed by atoms with Crippen molar-refractivity contribution >= 4 is 15.9 Å². The van der Waals surface area contributed by atoms with E-state index < -0.39 is 15.6 Å². The van der Waals surface area contributed by atoms with Crippen LogP contribution in [0.15, 0.2) is 41.8 Å². The molecule has 0 heterocycles. The number of hydrogen-bond donors (Lipinski definition) is 2. The molecule has 1 amide bonds. The number of sulfonamides is 1. The molecule has 0 aliphatic rings. The van der Waals surface area contributed by atoms with E-state index in [1.807, 2.05) is 0 Å². The average molecular weight is 296 g/mol. The predicted molar refractivity (Wildman–Crippen MR) is 78.6 cm³/mol. The number of carbonyl (C=O) groups excluding carboxylic acids is 1. The molecule has 1 rings (SSSR count). The largest absolute Gasteiger partial charge is 0.348 e. The molecule has 0 aliphatic carbocycles. The Hall–Kier alpha value is -1.66. The fourth-order valence-corrected chi connectivity index (χ4v) is 3.28. The van der Waals surface area contributed by atoms with Gasteiger partial charge in [-0.15, -0.1) is 0 Å². The molecule has 110 valence electrons. The summed E-state index contributed by atoms with van der Waals surface area (Å²) in [5.74, 6) is -0.346. The van der Waals surface area contributed by atoms with Crippen LogP contribution < -0.4 is 10.0 Å². The van der Waals surface area contributed by atoms with Gasteiger partial charge in [0.1, 0.15) is 0 Å². The highest BCUT2D eigenvalue weighted by Crippen LogP contribution is 2.17. The lowest BCUT2D eigenvalue weighted by Gasteiger charge is -2.21. The van der Waals surface area contributed by atoms with E-state index in [0.29, 0.717) is 5.56 Å². The van der Waals surface area contributed by atoms with Crippen molar-refractivity contribution in [2.75, 3.05) is 0 Å². The van der Waals surface area contributed by atoms with E-state index in [2.05, 4.69) is 16.6 Å². The molecular weight excluding hydrogens is 276 g/mol. The topological polar surface area (TPSA) is 75.3 Å². The van der Waals surface area contributed by atoms with Gasteiger partial charge in [0.2, 0.25) is 15.9 Å². The van der Waals surface area contributed by atoms with Crippen LogP contribution in [0.1, 0.15) is 26.3 Å². The Balaban J connectivity index is 3.06. The second-order valence-electron chi connectivity index (χ2n) is 5.39. The van der Waals surface area contributed by atoms with E-state index in [1.165, 1.54) is 6.07 Å². The van der Waals surface area contributed by atoms with E-state index in [1.54, 1.807) is 39.0 Å². The van der Waals surface area contributed by atoms with Gasteiger partial charge in [-0.2, -0.15) is 0 Å². The average Bonchev–Trinajstić information content (AvgIpc) is 2.33. The summed E-state index contributed by atoms with van der Waals surface area (Å²) in [6.45, 7) is 8.79. The number of amides is 1. The molecule has 0 saturated carbocycles. The van der Waals surface area contributed by atoms with Crippen molar-refractivity contribution in [1.82, 2.24) is 10.0 Å². The molecular formula is C14H20N2O3S. The molecule has 0 bridgehead atoms. The third-order valence-corrected chi connectivity index (χ3v) is 4.20. The van der Waals surface area contributed by atoms with Crippen molar-refractivity contribution < 1.29 is 13.2 Å². The van der Waals surface area contributed by atoms with Crippen LogP contribution in [0.4, 0.5) is 0 Å². The van der Waals surface area contributed by atoms with Gasteiger partial charge in [-0.1, -0.05) is 24.8 Å². The third kappa shape index (κ3) is 4.79. The van der Waals surface area contributed by atoms with Gasteiger partial charge in [-0.25, -0.2) is 13.1 Å². The van der Waals surface area contributed by atoms with Gasteiger partial charge in [0.05, 0.1) is 4.90 Å². The Labute approximate surface area is 120 Å². The molecule has 0 spiro atoms. The molecule has 1 aromatic rings. The fraction of sp³-hybridized carbons (Fsp3) is 0.357. The standard InChI is InChI=1S/C14H20N2O3S/c1-5-13(17)15-10-11-8-6-7-9-12(11)20(18,19)16-14(2,3)4/h5-9,16H,1,10H2,2-4H3,(H,15,17). The minimum Gasteiger partial charge on any atom is -0.348 e. The van der Waals surface area contributed by atoms with Gasteiger partial charge in [0.15, 0.2) is 0 Å². The zero-order valence-electron chi connectivity index (χ0n) is 11.9. The fourth-order valence-electron chi connectivity index (χ4n) is 1.62. The highest BCUT2D eigenvalue weighted by molar-refractivity contribution is 7.89. The summed E-state index contributed by atoms with van der Waals surface area (Å²) < 4.78 is 27.3. The molecule has 0 atom stereocenters. The number of carbonyl (C=O) groups is 1. The predicted octanol–water partition coefficient (Wildman–Crippen LogP) is 1.57. The maximum absolute atomic E-state index is 12.3. The molecule has 0 radical (unpaired) electrons. The van der Waals surface area contributed by atoms with Crippen LogP contribution in [0.5, 0.6) is 0 Å². The van der Waals surface area contributed by atoms with Crippen LogP contribution in [-0.4, -0.2) is 19.9 Å². The van der Waals surface area contributed by atoms with Gasteiger partial charge in [0.25, 0.3) is 0 Å². The smallest absolute Gasteiger partial charge is 0.243 e. The second-order valence-corrected chi connectivity index (χ2v) is 7.04. The Morgan fingerprint density at radius 3 is 2.45 bits per heavy atom. The van der Waals surface area contributed by atoms with Crippen molar-refractivity contribution in [3.05, 3.63) is 42.5 Å². The molecule has 6 heteroatoms. The third-order valence-electron chi connectivity index (χ3n) is 2.34. The molecule has 2 N–H and O–H groups in total. The Bertz CT molecular complexity index is 601. The van der Waals surface area contributed by atoms with Crippen LogP contribution in [0, 0.1) is 0 Å². The summed E-state index contributed by atoms with van der Waals surface area (Å²) in [6.07, 6.45) is 1.14. The summed E-state index contributed by atoms with van der Waals surface area (Å²) in [4.78, 5) is 11.3. The first-order chi connectivity index (χ1) is 9.15. The zero-order valence-corrected chi connectivity index (χ0v) is 12.8. The first-order valence-corrected chi connectivity index (χ1v) is 7.66. The molecule has 0 aliphatic heterocycles. The van der Waals surface area contributed by atoms with Crippen molar-refractivity contribution in [3.8, 4) is 0 Å². The summed E-state index contributed by atoms with van der Waals surface area (Å²) >= 11 is 0. The molecule has 0 aromatic heterocycles. The number of hydrogen-bond acceptors (Lipinski definition) is 3. The lowest BCUT2D eigenvalue weighted by Crippen LogP contribution is -2.41. The Morgan fingerprint density at radius 2 is 1.90 bits per heavy atom. The van der Waals surface area contributed by atoms with E-state index in [4.69, 9.17) is 0 Å². The monoisotopic (exact) mass is 296 g/mol. The molecule has 0 unspecified atom stereocenters. The van der Waals surface area contributed by atoms with Gasteiger partial charge in [-0.05, 0) is 38.5 Å². The SMILES string of the molecule is C=CC(=O)NCc1ccccc1S(=O)(=O)NC(C)(C)C. The van der Waals surface area contributed by atoms with E-state index in [-0.39, 0.29) is 17.3 Å². The normalized spacial score (nSPS) is 11.9. The van der Waals surface area contributed by atoms with Crippen LogP contribution in [0.2, 0.25) is 0 Å². The van der Waals surface area contributed by atoms with Crippen LogP contribution in [0.3, 0.4) is 0 Å². The molecule has 0 saturated heterocycles. The minimum absolute atomic E-state index is 0.131. The summed E-state index contributed by atoms with van der Waals surface area (Å²) in [5, 5.41) is 2.57. The van der Waals surface area contributed by atoms with Crippen molar-refractivity contribution in [3.63, 3.8) is 0 Å². The van der Waals surface area contributed by atoms with Crippen molar-refractivity contribution in [1.29, 1.82) is 0 Å². The van der Waals surface area contributed by atoms with E-state index in [9.17, 15) is 13.2 Å². The highest BCUT2D eigenvalue weighted by Gasteiger charge is 2.24. The number of rotatable bonds is 5. The number of nitrogens with one attached hydrogen (secondary N) is 2. The summed E-state index contributed by atoms with van der Waals surface area (Å²) in [6, 6.07) is 6.56. The lowest BCUT2D eigenvalue weighted by molar-refractivity contribution is -0.116. The van der Waals surface area contributed by atoms with E-state index in [0.717, 1.165) is 6.08 Å². The Morgan fingerprint density at radius 1 is 1.30 bits per heavy atom. The minimum atomic E-state index is -3.63. The van der Waals surface area contributed by atoms with Gasteiger partial charge in [-0.3, -0.25) is 4.79 Å². The second kappa shape index (κ2) is 6.19. The highest BCUT2D eigenvalue weighted by atomic mass is 32.2. The van der Waals surface area contributed by atoms with E-state index >= 15 is 0 Å². The van der Waals surface area contributed by atoms with Crippen LogP contribution in [-0.2, 0) is 21.4 Å².